The van der Waals surface area contributed by atoms with E-state index in [9.17, 15) is 9.59 Å². The van der Waals surface area contributed by atoms with Gasteiger partial charge in [0.2, 0.25) is 11.8 Å². The Bertz CT molecular complexity index is 833. The molecule has 0 radical (unpaired) electrons. The smallest absolute Gasteiger partial charge is 0.234 e. The van der Waals surface area contributed by atoms with Crippen molar-refractivity contribution in [3.63, 3.8) is 0 Å². The molecule has 8 heteroatoms. The number of amides is 2. The van der Waals surface area contributed by atoms with Gasteiger partial charge in [-0.3, -0.25) is 19.4 Å². The van der Waals surface area contributed by atoms with Crippen molar-refractivity contribution in [2.45, 2.75) is 19.4 Å². The van der Waals surface area contributed by atoms with Crippen molar-refractivity contribution in [2.75, 3.05) is 59.5 Å². The molecule has 32 heavy (non-hydrogen) atoms. The minimum Gasteiger partial charge on any atom is -0.385 e. The summed E-state index contributed by atoms with van der Waals surface area (Å²) in [5.41, 5.74) is 2.29. The molecule has 0 saturated carbocycles. The van der Waals surface area contributed by atoms with Gasteiger partial charge < -0.3 is 15.4 Å². The fourth-order valence-corrected chi connectivity index (χ4v) is 4.55. The lowest BCUT2D eigenvalue weighted by Gasteiger charge is -2.34. The molecule has 1 fully saturated rings. The Kier molecular flexibility index (Phi) is 9.67. The standard InChI is InChI=1S/C24H34N4O3S/c1-19-6-8-20(9-7-19)24(21-5-3-16-32-21)26-23(30)18-28-13-11-27(12-14-28)17-22(29)25-10-4-15-31-2/h3,5-9,16,24H,4,10-15,17-18H2,1-2H3,(H,25,29)(H,26,30). The molecule has 3 rings (SSSR count). The number of nitrogens with one attached hydrogen (secondary N) is 2. The van der Waals surface area contributed by atoms with Crippen LogP contribution >= 0.6 is 11.3 Å². The van der Waals surface area contributed by atoms with Crippen LogP contribution in [0.4, 0.5) is 0 Å². The third-order valence-electron chi connectivity index (χ3n) is 5.59. The van der Waals surface area contributed by atoms with Crippen LogP contribution < -0.4 is 10.6 Å². The maximum atomic E-state index is 12.9. The van der Waals surface area contributed by atoms with Crippen molar-refractivity contribution in [1.29, 1.82) is 0 Å². The maximum absolute atomic E-state index is 12.9. The Morgan fingerprint density at radius 3 is 2.28 bits per heavy atom. The molecule has 7 nitrogen and oxygen atoms in total. The highest BCUT2D eigenvalue weighted by Gasteiger charge is 2.23. The molecular weight excluding hydrogens is 424 g/mol. The predicted molar refractivity (Wildman–Crippen MR) is 128 cm³/mol. The fraction of sp³-hybridized carbons (Fsp3) is 0.500. The summed E-state index contributed by atoms with van der Waals surface area (Å²) >= 11 is 1.65. The second kappa shape index (κ2) is 12.7. The first kappa shape index (κ1) is 24.4. The number of thiophene rings is 1. The monoisotopic (exact) mass is 458 g/mol. The molecular formula is C24H34N4O3S. The van der Waals surface area contributed by atoms with Gasteiger partial charge in [-0.2, -0.15) is 0 Å². The number of methoxy groups -OCH3 is 1. The number of carbonyl (C=O) groups is 2. The largest absolute Gasteiger partial charge is 0.385 e. The van der Waals surface area contributed by atoms with Gasteiger partial charge in [0.1, 0.15) is 0 Å². The molecule has 0 bridgehead atoms. The Morgan fingerprint density at radius 2 is 1.69 bits per heavy atom. The number of hydrogen-bond donors (Lipinski definition) is 2. The van der Waals surface area contributed by atoms with E-state index in [-0.39, 0.29) is 17.9 Å². The third-order valence-corrected chi connectivity index (χ3v) is 6.53. The van der Waals surface area contributed by atoms with Gasteiger partial charge in [-0.1, -0.05) is 35.9 Å². The lowest BCUT2D eigenvalue weighted by Crippen LogP contribution is -2.51. The minimum absolute atomic E-state index is 0.0216. The summed E-state index contributed by atoms with van der Waals surface area (Å²) in [5, 5.41) is 8.18. The van der Waals surface area contributed by atoms with Gasteiger partial charge in [-0.15, -0.1) is 11.3 Å². The molecule has 174 valence electrons. The number of ether oxygens (including phenoxy) is 1. The minimum atomic E-state index is -0.133. The van der Waals surface area contributed by atoms with E-state index in [2.05, 4.69) is 57.7 Å². The number of hydrogen-bond acceptors (Lipinski definition) is 6. The van der Waals surface area contributed by atoms with Gasteiger partial charge >= 0.3 is 0 Å². The van der Waals surface area contributed by atoms with Gasteiger partial charge in [0.25, 0.3) is 0 Å². The van der Waals surface area contributed by atoms with E-state index in [0.717, 1.165) is 43.0 Å². The Balaban J connectivity index is 1.44. The molecule has 1 atom stereocenters. The van der Waals surface area contributed by atoms with Crippen LogP contribution in [0.25, 0.3) is 0 Å². The summed E-state index contributed by atoms with van der Waals surface area (Å²) in [6.07, 6.45) is 0.820. The highest BCUT2D eigenvalue weighted by Crippen LogP contribution is 2.26. The molecule has 2 aromatic rings. The molecule has 1 aliphatic heterocycles. The molecule has 1 aromatic carbocycles. The van der Waals surface area contributed by atoms with E-state index in [4.69, 9.17) is 4.74 Å². The average molecular weight is 459 g/mol. The van der Waals surface area contributed by atoms with Crippen molar-refractivity contribution in [3.05, 3.63) is 57.8 Å². The third kappa shape index (κ3) is 7.70. The van der Waals surface area contributed by atoms with Crippen molar-refractivity contribution >= 4 is 23.2 Å². The molecule has 0 aliphatic carbocycles. The van der Waals surface area contributed by atoms with Crippen LogP contribution in [0.5, 0.6) is 0 Å². The molecule has 1 unspecified atom stereocenters. The van der Waals surface area contributed by atoms with Crippen molar-refractivity contribution < 1.29 is 14.3 Å². The van der Waals surface area contributed by atoms with Crippen molar-refractivity contribution in [3.8, 4) is 0 Å². The van der Waals surface area contributed by atoms with Gasteiger partial charge in [-0.05, 0) is 30.4 Å². The lowest BCUT2D eigenvalue weighted by atomic mass is 10.0. The highest BCUT2D eigenvalue weighted by atomic mass is 32.1. The summed E-state index contributed by atoms with van der Waals surface area (Å²) in [5.74, 6) is 0.0671. The lowest BCUT2D eigenvalue weighted by molar-refractivity contribution is -0.125. The van der Waals surface area contributed by atoms with Crippen LogP contribution in [0, 0.1) is 6.92 Å². The molecule has 1 saturated heterocycles. The molecule has 1 aliphatic rings. The SMILES string of the molecule is COCCCNC(=O)CN1CCN(CC(=O)NC(c2ccc(C)cc2)c2cccs2)CC1. The average Bonchev–Trinajstić information content (AvgIpc) is 3.32. The summed E-state index contributed by atoms with van der Waals surface area (Å²) in [6.45, 7) is 7.24. The van der Waals surface area contributed by atoms with Crippen LogP contribution in [0.1, 0.15) is 28.5 Å². The number of carbonyl (C=O) groups excluding carboxylic acids is 2. The Hall–Kier alpha value is -2.26. The van der Waals surface area contributed by atoms with E-state index in [0.29, 0.717) is 26.2 Å². The summed E-state index contributed by atoms with van der Waals surface area (Å²) in [7, 11) is 1.66. The summed E-state index contributed by atoms with van der Waals surface area (Å²) < 4.78 is 4.99. The second-order valence-corrected chi connectivity index (χ2v) is 9.15. The first-order chi connectivity index (χ1) is 15.5. The van der Waals surface area contributed by atoms with E-state index in [1.54, 1.807) is 18.4 Å². The van der Waals surface area contributed by atoms with Gasteiger partial charge in [0, 0.05) is 51.3 Å². The number of benzene rings is 1. The maximum Gasteiger partial charge on any atom is 0.234 e. The number of piperazine rings is 1. The quantitative estimate of drug-likeness (QED) is 0.504. The number of aryl methyl sites for hydroxylation is 1. The fourth-order valence-electron chi connectivity index (χ4n) is 3.75. The first-order valence-electron chi connectivity index (χ1n) is 11.1. The van der Waals surface area contributed by atoms with Crippen LogP contribution in [0.15, 0.2) is 41.8 Å². The second-order valence-electron chi connectivity index (χ2n) is 8.18. The van der Waals surface area contributed by atoms with Crippen LogP contribution in [0.3, 0.4) is 0 Å². The van der Waals surface area contributed by atoms with Crippen molar-refractivity contribution in [1.82, 2.24) is 20.4 Å². The zero-order valence-electron chi connectivity index (χ0n) is 19.0. The van der Waals surface area contributed by atoms with Crippen molar-refractivity contribution in [2.24, 2.45) is 0 Å². The summed E-state index contributed by atoms with van der Waals surface area (Å²) in [6, 6.07) is 12.3. The molecule has 1 aromatic heterocycles. The number of nitrogens with zero attached hydrogens (tertiary/aromatic N) is 2. The van der Waals surface area contributed by atoms with E-state index < -0.39 is 0 Å². The van der Waals surface area contributed by atoms with Gasteiger partial charge in [0.15, 0.2) is 0 Å². The zero-order chi connectivity index (χ0) is 22.8. The van der Waals surface area contributed by atoms with Gasteiger partial charge in [0.05, 0.1) is 19.1 Å². The van der Waals surface area contributed by atoms with Crippen LogP contribution in [-0.2, 0) is 14.3 Å². The highest BCUT2D eigenvalue weighted by molar-refractivity contribution is 7.10. The Labute approximate surface area is 194 Å². The van der Waals surface area contributed by atoms with Gasteiger partial charge in [-0.25, -0.2) is 0 Å². The molecule has 2 heterocycles. The first-order valence-corrected chi connectivity index (χ1v) is 12.0. The van der Waals surface area contributed by atoms with Crippen LogP contribution in [-0.4, -0.2) is 81.1 Å². The number of rotatable bonds is 11. The van der Waals surface area contributed by atoms with E-state index >= 15 is 0 Å². The topological polar surface area (TPSA) is 73.9 Å². The molecule has 2 N–H and O–H groups in total. The van der Waals surface area contributed by atoms with E-state index in [1.807, 2.05) is 11.4 Å². The van der Waals surface area contributed by atoms with E-state index in [1.165, 1.54) is 5.56 Å². The Morgan fingerprint density at radius 1 is 1.03 bits per heavy atom. The molecule has 0 spiro atoms. The molecule has 2 amide bonds. The zero-order valence-corrected chi connectivity index (χ0v) is 19.8. The normalized spacial score (nSPS) is 15.9. The van der Waals surface area contributed by atoms with Crippen LogP contribution in [0.2, 0.25) is 0 Å². The summed E-state index contributed by atoms with van der Waals surface area (Å²) in [4.78, 5) is 30.3. The predicted octanol–water partition coefficient (Wildman–Crippen LogP) is 2.03.